The Morgan fingerprint density at radius 3 is 2.46 bits per heavy atom. The molecule has 0 amide bonds. The summed E-state index contributed by atoms with van der Waals surface area (Å²) >= 11 is 0. The van der Waals surface area contributed by atoms with E-state index < -0.39 is 16.8 Å². The van der Waals surface area contributed by atoms with Crippen molar-refractivity contribution in [2.75, 3.05) is 0 Å². The van der Waals surface area contributed by atoms with Crippen LogP contribution in [0.2, 0.25) is 0 Å². The average Bonchev–Trinajstić information content (AvgIpc) is 2.53. The molecule has 2 saturated carbocycles. The van der Waals surface area contributed by atoms with E-state index in [0.29, 0.717) is 12.8 Å². The number of carbonyl (C=O) groups excluding carboxylic acids is 2. The van der Waals surface area contributed by atoms with E-state index in [1.807, 2.05) is 13.8 Å². The summed E-state index contributed by atoms with van der Waals surface area (Å²) in [5.74, 6) is -1.03. The summed E-state index contributed by atoms with van der Waals surface area (Å²) in [6.07, 6.45) is 1.84. The highest BCUT2D eigenvalue weighted by atomic mass is 16.4. The molecule has 0 spiro atoms. The van der Waals surface area contributed by atoms with Gasteiger partial charge in [0, 0.05) is 5.41 Å². The molecule has 2 aliphatic rings. The van der Waals surface area contributed by atoms with Crippen molar-refractivity contribution in [3.8, 4) is 0 Å². The lowest BCUT2D eigenvalue weighted by atomic mass is 9.71. The van der Waals surface area contributed by atoms with Crippen LogP contribution in [0.1, 0.15) is 33.1 Å². The topological polar surface area (TPSA) is 57.2 Å². The van der Waals surface area contributed by atoms with Gasteiger partial charge in [-0.2, -0.15) is 0 Å². The molecule has 0 aromatic rings. The SMILES string of the molecule is CC1(C)C(=O)C2(C(=O)[O-])CCC1C2. The molecule has 2 atom stereocenters. The Bertz CT molecular complexity index is 293. The fourth-order valence-electron chi connectivity index (χ4n) is 2.95. The highest BCUT2D eigenvalue weighted by Crippen LogP contribution is 2.59. The van der Waals surface area contributed by atoms with Crippen molar-refractivity contribution in [1.29, 1.82) is 0 Å². The van der Waals surface area contributed by atoms with Gasteiger partial charge >= 0.3 is 0 Å². The molecule has 0 heterocycles. The summed E-state index contributed by atoms with van der Waals surface area (Å²) in [6, 6.07) is 0. The van der Waals surface area contributed by atoms with Crippen molar-refractivity contribution in [1.82, 2.24) is 0 Å². The second-order valence-electron chi connectivity index (χ2n) is 4.86. The number of hydrogen-bond acceptors (Lipinski definition) is 3. The molecule has 0 N–H and O–H groups in total. The number of carbonyl (C=O) groups is 2. The minimum Gasteiger partial charge on any atom is -0.549 e. The summed E-state index contributed by atoms with van der Waals surface area (Å²) in [6.45, 7) is 3.70. The summed E-state index contributed by atoms with van der Waals surface area (Å²) in [5, 5.41) is 10.9. The van der Waals surface area contributed by atoms with Crippen molar-refractivity contribution in [2.45, 2.75) is 33.1 Å². The third-order valence-corrected chi connectivity index (χ3v) is 3.95. The Labute approximate surface area is 77.1 Å². The van der Waals surface area contributed by atoms with Crippen LogP contribution in [0.25, 0.3) is 0 Å². The van der Waals surface area contributed by atoms with Crippen molar-refractivity contribution < 1.29 is 14.7 Å². The molecular weight excluding hydrogens is 168 g/mol. The van der Waals surface area contributed by atoms with Crippen LogP contribution in [0, 0.1) is 16.7 Å². The number of aliphatic carboxylic acids is 1. The highest BCUT2D eigenvalue weighted by molar-refractivity contribution is 6.07. The van der Waals surface area contributed by atoms with E-state index in [-0.39, 0.29) is 11.7 Å². The molecule has 0 aromatic heterocycles. The lowest BCUT2D eigenvalue weighted by Crippen LogP contribution is -2.48. The maximum Gasteiger partial charge on any atom is 0.150 e. The van der Waals surface area contributed by atoms with Gasteiger partial charge in [0.05, 0.1) is 11.4 Å². The Morgan fingerprint density at radius 1 is 1.54 bits per heavy atom. The van der Waals surface area contributed by atoms with E-state index in [0.717, 1.165) is 6.42 Å². The molecule has 3 heteroatoms. The summed E-state index contributed by atoms with van der Waals surface area (Å²) in [7, 11) is 0. The minimum absolute atomic E-state index is 0.115. The van der Waals surface area contributed by atoms with Gasteiger partial charge in [0.2, 0.25) is 0 Å². The van der Waals surface area contributed by atoms with Crippen molar-refractivity contribution in [3.63, 3.8) is 0 Å². The zero-order valence-corrected chi connectivity index (χ0v) is 7.92. The molecule has 2 fully saturated rings. The highest BCUT2D eigenvalue weighted by Gasteiger charge is 2.62. The zero-order valence-electron chi connectivity index (χ0n) is 7.92. The largest absolute Gasteiger partial charge is 0.549 e. The van der Waals surface area contributed by atoms with Crippen molar-refractivity contribution >= 4 is 11.8 Å². The molecule has 2 rings (SSSR count). The first-order valence-corrected chi connectivity index (χ1v) is 4.67. The molecule has 72 valence electrons. The third kappa shape index (κ3) is 0.798. The normalized spacial score (nSPS) is 41.1. The standard InChI is InChI=1S/C10H14O3/c1-9(2)6-3-4-10(5-6,7(9)11)8(12)13/h6H,3-5H2,1-2H3,(H,12,13)/p-1. The van der Waals surface area contributed by atoms with Crippen molar-refractivity contribution in [2.24, 2.45) is 16.7 Å². The molecule has 2 unspecified atom stereocenters. The second kappa shape index (κ2) is 2.14. The van der Waals surface area contributed by atoms with E-state index in [2.05, 4.69) is 0 Å². The van der Waals surface area contributed by atoms with Gasteiger partial charge in [0.1, 0.15) is 5.78 Å². The van der Waals surface area contributed by atoms with Crippen LogP contribution in [-0.2, 0) is 9.59 Å². The van der Waals surface area contributed by atoms with Gasteiger partial charge in [0.15, 0.2) is 0 Å². The van der Waals surface area contributed by atoms with Gasteiger partial charge in [-0.1, -0.05) is 13.8 Å². The molecule has 2 bridgehead atoms. The number of ketones is 1. The summed E-state index contributed by atoms with van der Waals surface area (Å²) in [4.78, 5) is 22.8. The molecule has 3 nitrogen and oxygen atoms in total. The Hall–Kier alpha value is -0.860. The van der Waals surface area contributed by atoms with Crippen LogP contribution < -0.4 is 5.11 Å². The van der Waals surface area contributed by atoms with Crippen LogP contribution in [0.15, 0.2) is 0 Å². The van der Waals surface area contributed by atoms with E-state index in [9.17, 15) is 14.7 Å². The number of Topliss-reactive ketones (excluding diaryl/α,β-unsaturated/α-hetero) is 1. The first kappa shape index (κ1) is 8.73. The van der Waals surface area contributed by atoms with E-state index in [1.165, 1.54) is 0 Å². The summed E-state index contributed by atoms with van der Waals surface area (Å²) in [5.41, 5.74) is -1.58. The monoisotopic (exact) mass is 181 g/mol. The van der Waals surface area contributed by atoms with Crippen molar-refractivity contribution in [3.05, 3.63) is 0 Å². The van der Waals surface area contributed by atoms with Gasteiger partial charge in [-0.3, -0.25) is 4.79 Å². The van der Waals surface area contributed by atoms with Gasteiger partial charge in [-0.05, 0) is 25.2 Å². The predicted octanol–water partition coefficient (Wildman–Crippen LogP) is 0.132. The predicted molar refractivity (Wildman–Crippen MR) is 43.6 cm³/mol. The smallest absolute Gasteiger partial charge is 0.150 e. The number of fused-ring (bicyclic) bond motifs is 2. The average molecular weight is 181 g/mol. The maximum atomic E-state index is 11.8. The lowest BCUT2D eigenvalue weighted by Gasteiger charge is -2.33. The van der Waals surface area contributed by atoms with Gasteiger partial charge in [0.25, 0.3) is 0 Å². The van der Waals surface area contributed by atoms with Gasteiger partial charge < -0.3 is 9.90 Å². The third-order valence-electron chi connectivity index (χ3n) is 3.95. The summed E-state index contributed by atoms with van der Waals surface area (Å²) < 4.78 is 0. The lowest BCUT2D eigenvalue weighted by molar-refractivity contribution is -0.316. The fourth-order valence-corrected chi connectivity index (χ4v) is 2.95. The molecule has 0 aliphatic heterocycles. The van der Waals surface area contributed by atoms with Crippen LogP contribution >= 0.6 is 0 Å². The molecular formula is C10H13O3-. The van der Waals surface area contributed by atoms with Crippen LogP contribution in [0.3, 0.4) is 0 Å². The molecule has 0 saturated heterocycles. The van der Waals surface area contributed by atoms with Crippen LogP contribution in [0.5, 0.6) is 0 Å². The molecule has 0 radical (unpaired) electrons. The molecule has 2 aliphatic carbocycles. The van der Waals surface area contributed by atoms with Crippen LogP contribution in [-0.4, -0.2) is 11.8 Å². The quantitative estimate of drug-likeness (QED) is 0.540. The Kier molecular flexibility index (Phi) is 1.44. The van der Waals surface area contributed by atoms with E-state index >= 15 is 0 Å². The second-order valence-corrected chi connectivity index (χ2v) is 4.86. The number of carboxylic acid groups (broad SMARTS) is 1. The number of rotatable bonds is 1. The van der Waals surface area contributed by atoms with E-state index in [1.54, 1.807) is 0 Å². The maximum absolute atomic E-state index is 11.8. The molecule has 0 aromatic carbocycles. The number of carboxylic acids is 1. The Morgan fingerprint density at radius 2 is 2.15 bits per heavy atom. The van der Waals surface area contributed by atoms with E-state index in [4.69, 9.17) is 0 Å². The Balaban J connectivity index is 2.46. The minimum atomic E-state index is -1.16. The van der Waals surface area contributed by atoms with Gasteiger partial charge in [-0.15, -0.1) is 0 Å². The van der Waals surface area contributed by atoms with Crippen LogP contribution in [0.4, 0.5) is 0 Å². The van der Waals surface area contributed by atoms with Gasteiger partial charge in [-0.25, -0.2) is 0 Å². The first-order valence-electron chi connectivity index (χ1n) is 4.67. The number of hydrogen-bond donors (Lipinski definition) is 0. The first-order chi connectivity index (χ1) is 5.91. The fraction of sp³-hybridized carbons (Fsp3) is 0.800. The molecule has 13 heavy (non-hydrogen) atoms. The zero-order chi connectivity index (χ0) is 9.85.